The van der Waals surface area contributed by atoms with Gasteiger partial charge >= 0.3 is 18.8 Å². The average molecular weight is 460 g/mol. The minimum absolute atomic E-state index is 0.491. The van der Waals surface area contributed by atoms with Crippen LogP contribution in [0.15, 0.2) is 83.3 Å². The van der Waals surface area contributed by atoms with E-state index < -0.39 is 7.25 Å². The van der Waals surface area contributed by atoms with Crippen LogP contribution in [0.1, 0.15) is 22.6 Å². The van der Waals surface area contributed by atoms with Crippen molar-refractivity contribution in [3.63, 3.8) is 0 Å². The molecule has 1 heterocycles. The van der Waals surface area contributed by atoms with Crippen LogP contribution in [0.2, 0.25) is 0 Å². The first kappa shape index (κ1) is 24.1. The molecule has 33 heavy (non-hydrogen) atoms. The molecular formula is C25H23BF4O3. The van der Waals surface area contributed by atoms with E-state index in [0.717, 1.165) is 44.9 Å². The quantitative estimate of drug-likeness (QED) is 0.167. The average Bonchev–Trinajstić information content (AvgIpc) is 2.76. The molecule has 0 amide bonds. The molecule has 4 aromatic rings. The fourth-order valence-electron chi connectivity index (χ4n) is 3.32. The second-order valence-corrected chi connectivity index (χ2v) is 7.34. The minimum atomic E-state index is -6.00. The molecule has 0 aliphatic carbocycles. The van der Waals surface area contributed by atoms with Crippen LogP contribution >= 0.6 is 0 Å². The van der Waals surface area contributed by atoms with E-state index in [2.05, 4.69) is 24.3 Å². The number of hydrogen-bond acceptors (Lipinski definition) is 2. The molecule has 0 aliphatic heterocycles. The van der Waals surface area contributed by atoms with E-state index in [1.807, 2.05) is 68.4 Å². The van der Waals surface area contributed by atoms with E-state index in [1.54, 1.807) is 0 Å². The molecule has 3 aromatic carbocycles. The van der Waals surface area contributed by atoms with Crippen molar-refractivity contribution >= 4 is 18.0 Å². The largest absolute Gasteiger partial charge is 0.673 e. The first-order valence-corrected chi connectivity index (χ1v) is 10.3. The zero-order chi connectivity index (χ0) is 23.8. The molecule has 4 rings (SSSR count). The predicted octanol–water partition coefficient (Wildman–Crippen LogP) is 7.79. The number of ether oxygens (including phenoxy) is 2. The van der Waals surface area contributed by atoms with Crippen LogP contribution in [0.25, 0.3) is 10.8 Å². The van der Waals surface area contributed by atoms with Gasteiger partial charge in [0, 0.05) is 17.5 Å². The number of fused-ring (bicyclic) bond motifs is 1. The fourth-order valence-corrected chi connectivity index (χ4v) is 3.32. The van der Waals surface area contributed by atoms with Crippen molar-refractivity contribution in [3.8, 4) is 11.5 Å². The highest BCUT2D eigenvalue weighted by molar-refractivity contribution is 6.50. The maximum absolute atomic E-state index is 9.75. The third-order valence-corrected chi connectivity index (χ3v) is 4.62. The third kappa shape index (κ3) is 7.82. The summed E-state index contributed by atoms with van der Waals surface area (Å²) in [5, 5.41) is 2.03. The zero-order valence-electron chi connectivity index (χ0n) is 18.2. The first-order chi connectivity index (χ1) is 15.7. The van der Waals surface area contributed by atoms with Crippen LogP contribution in [-0.4, -0.2) is 7.25 Å². The standard InChI is InChI=1S/C25H23O3.BF4/c1-18-13-22-14-23(26-16-20-9-5-3-6-10-20)15-24(25(22)19(2)28-18)27-17-21-11-7-4-8-12-21;2-1(3,4)5/h3-15H,16-17H2,1-2H3;/q+1;-1/i19+2;. The van der Waals surface area contributed by atoms with E-state index >= 15 is 0 Å². The summed E-state index contributed by atoms with van der Waals surface area (Å²) in [5.74, 6) is 3.25. The molecule has 0 fully saturated rings. The molecule has 172 valence electrons. The lowest BCUT2D eigenvalue weighted by atomic mass is 10.2. The zero-order valence-corrected chi connectivity index (χ0v) is 18.2. The van der Waals surface area contributed by atoms with E-state index in [-0.39, 0.29) is 0 Å². The number of halogens is 4. The van der Waals surface area contributed by atoms with Crippen LogP contribution in [-0.2, 0) is 13.2 Å². The van der Waals surface area contributed by atoms with Gasteiger partial charge in [0.2, 0.25) is 0 Å². The molecule has 0 saturated carbocycles. The number of benzene rings is 3. The van der Waals surface area contributed by atoms with Crippen molar-refractivity contribution in [1.29, 1.82) is 0 Å². The Morgan fingerprint density at radius 2 is 1.30 bits per heavy atom. The molecular weight excluding hydrogens is 437 g/mol. The fraction of sp³-hybridized carbons (Fsp3) is 0.160. The molecule has 0 atom stereocenters. The Bertz CT molecular complexity index is 1180. The lowest BCUT2D eigenvalue weighted by Gasteiger charge is -2.12. The maximum atomic E-state index is 9.75. The Hall–Kier alpha value is -3.55. The van der Waals surface area contributed by atoms with Crippen LogP contribution in [0.4, 0.5) is 17.3 Å². The Kier molecular flexibility index (Phi) is 7.93. The number of rotatable bonds is 6. The Labute approximate surface area is 189 Å². The van der Waals surface area contributed by atoms with E-state index in [9.17, 15) is 17.3 Å². The molecule has 0 aliphatic rings. The van der Waals surface area contributed by atoms with Crippen molar-refractivity contribution in [2.75, 3.05) is 0 Å². The second kappa shape index (κ2) is 10.9. The topological polar surface area (TPSA) is 29.8 Å². The summed E-state index contributed by atoms with van der Waals surface area (Å²) in [5.41, 5.74) is 2.25. The second-order valence-electron chi connectivity index (χ2n) is 7.34. The van der Waals surface area contributed by atoms with Gasteiger partial charge in [-0.1, -0.05) is 60.7 Å². The van der Waals surface area contributed by atoms with Gasteiger partial charge in [0.25, 0.3) is 0 Å². The van der Waals surface area contributed by atoms with Crippen LogP contribution in [0.5, 0.6) is 11.5 Å². The van der Waals surface area contributed by atoms with Crippen LogP contribution in [0, 0.1) is 13.8 Å². The normalized spacial score (nSPS) is 11.0. The summed E-state index contributed by atoms with van der Waals surface area (Å²) < 4.78 is 57.1. The van der Waals surface area contributed by atoms with Gasteiger partial charge in [0.15, 0.2) is 0 Å². The molecule has 0 unspecified atom stereocenters. The maximum Gasteiger partial charge on any atom is 0.673 e. The van der Waals surface area contributed by atoms with Crippen LogP contribution < -0.4 is 9.47 Å². The molecule has 0 N–H and O–H groups in total. The summed E-state index contributed by atoms with van der Waals surface area (Å²) in [6.45, 7) is 4.93. The molecule has 0 radical (unpaired) electrons. The van der Waals surface area contributed by atoms with Gasteiger partial charge in [0.1, 0.15) is 30.1 Å². The SMILES string of the molecule is Cc1cc2cc(OCc3ccccc3)cc(OCc3ccccc3)c2[14c](C)[o+]1.F[B-](F)(F)F. The lowest BCUT2D eigenvalue weighted by Crippen LogP contribution is -2.02. The van der Waals surface area contributed by atoms with Gasteiger partial charge in [0.05, 0.1) is 13.8 Å². The molecule has 3 nitrogen and oxygen atoms in total. The summed E-state index contributed by atoms with van der Waals surface area (Å²) >= 11 is 0. The number of aryl methyl sites for hydroxylation is 2. The summed E-state index contributed by atoms with van der Waals surface area (Å²) in [6.07, 6.45) is 0. The number of hydrogen-bond donors (Lipinski definition) is 0. The highest BCUT2D eigenvalue weighted by Gasteiger charge is 2.20. The van der Waals surface area contributed by atoms with E-state index in [1.165, 1.54) is 0 Å². The Balaban J connectivity index is 0.000000555. The predicted molar refractivity (Wildman–Crippen MR) is 122 cm³/mol. The van der Waals surface area contributed by atoms with E-state index in [4.69, 9.17) is 13.9 Å². The van der Waals surface area contributed by atoms with Crippen molar-refractivity contribution in [2.24, 2.45) is 0 Å². The Morgan fingerprint density at radius 3 is 1.85 bits per heavy atom. The first-order valence-electron chi connectivity index (χ1n) is 10.3. The van der Waals surface area contributed by atoms with Gasteiger partial charge < -0.3 is 26.7 Å². The van der Waals surface area contributed by atoms with Gasteiger partial charge in [-0.15, -0.1) is 0 Å². The van der Waals surface area contributed by atoms with Crippen molar-refractivity contribution in [1.82, 2.24) is 0 Å². The molecule has 8 heteroatoms. The lowest BCUT2D eigenvalue weighted by molar-refractivity contribution is 0.292. The highest BCUT2D eigenvalue weighted by atomic mass is 19.5. The van der Waals surface area contributed by atoms with Crippen molar-refractivity contribution in [3.05, 3.63) is 102 Å². The monoisotopic (exact) mass is 460 g/mol. The summed E-state index contributed by atoms with van der Waals surface area (Å²) in [7, 11) is -6.00. The van der Waals surface area contributed by atoms with Gasteiger partial charge in [-0.25, -0.2) is 4.42 Å². The van der Waals surface area contributed by atoms with Gasteiger partial charge in [-0.05, 0) is 17.2 Å². The third-order valence-electron chi connectivity index (χ3n) is 4.62. The van der Waals surface area contributed by atoms with Crippen LogP contribution in [0.3, 0.4) is 0 Å². The minimum Gasteiger partial charge on any atom is -0.489 e. The summed E-state index contributed by atoms with van der Waals surface area (Å²) in [4.78, 5) is 0. The molecule has 1 aromatic heterocycles. The van der Waals surface area contributed by atoms with Crippen molar-refractivity contribution < 1.29 is 31.2 Å². The smallest absolute Gasteiger partial charge is 0.489 e. The Morgan fingerprint density at radius 1 is 0.788 bits per heavy atom. The molecule has 0 spiro atoms. The van der Waals surface area contributed by atoms with E-state index in [0.29, 0.717) is 13.2 Å². The highest BCUT2D eigenvalue weighted by Crippen LogP contribution is 2.35. The van der Waals surface area contributed by atoms with Gasteiger partial charge in [-0.2, -0.15) is 0 Å². The summed E-state index contributed by atoms with van der Waals surface area (Å²) in [6, 6.07) is 26.3. The van der Waals surface area contributed by atoms with Gasteiger partial charge in [-0.3, -0.25) is 0 Å². The molecule has 0 bridgehead atoms. The van der Waals surface area contributed by atoms with Crippen molar-refractivity contribution in [2.45, 2.75) is 27.1 Å². The molecule has 0 saturated heterocycles.